The summed E-state index contributed by atoms with van der Waals surface area (Å²) in [6, 6.07) is 19.2. The van der Waals surface area contributed by atoms with Crippen LogP contribution in [0.3, 0.4) is 0 Å². The van der Waals surface area contributed by atoms with Crippen molar-refractivity contribution in [3.8, 4) is 0 Å². The van der Waals surface area contributed by atoms with Gasteiger partial charge in [0.15, 0.2) is 0 Å². The molecule has 5 nitrogen and oxygen atoms in total. The van der Waals surface area contributed by atoms with E-state index in [4.69, 9.17) is 0 Å². The molecule has 128 valence electrons. The Labute approximate surface area is 143 Å². The van der Waals surface area contributed by atoms with E-state index in [1.165, 1.54) is 0 Å². The molecule has 0 bridgehead atoms. The van der Waals surface area contributed by atoms with Crippen molar-refractivity contribution in [1.29, 1.82) is 0 Å². The van der Waals surface area contributed by atoms with Crippen LogP contribution in [0.25, 0.3) is 0 Å². The Bertz CT molecular complexity index is 731. The van der Waals surface area contributed by atoms with Crippen molar-refractivity contribution in [1.82, 2.24) is 10.0 Å². The lowest BCUT2D eigenvalue weighted by Gasteiger charge is -2.08. The van der Waals surface area contributed by atoms with Crippen molar-refractivity contribution < 1.29 is 13.2 Å². The molecule has 0 aliphatic carbocycles. The molecule has 0 fully saturated rings. The fraction of sp³-hybridized carbons (Fsp3) is 0.278. The zero-order chi connectivity index (χ0) is 17.3. The first kappa shape index (κ1) is 18.2. The van der Waals surface area contributed by atoms with Crippen LogP contribution in [0.1, 0.15) is 17.5 Å². The highest BCUT2D eigenvalue weighted by Crippen LogP contribution is 2.03. The zero-order valence-corrected chi connectivity index (χ0v) is 14.3. The van der Waals surface area contributed by atoms with Crippen molar-refractivity contribution in [2.45, 2.75) is 19.4 Å². The molecule has 2 aromatic rings. The van der Waals surface area contributed by atoms with E-state index >= 15 is 0 Å². The third-order valence-corrected chi connectivity index (χ3v) is 4.92. The molecule has 0 atom stereocenters. The molecule has 0 radical (unpaired) electrons. The van der Waals surface area contributed by atoms with Gasteiger partial charge in [0.05, 0.1) is 12.3 Å². The normalized spacial score (nSPS) is 11.2. The molecule has 2 aromatic carbocycles. The van der Waals surface area contributed by atoms with Crippen molar-refractivity contribution in [3.63, 3.8) is 0 Å². The van der Waals surface area contributed by atoms with Gasteiger partial charge in [0, 0.05) is 6.54 Å². The van der Waals surface area contributed by atoms with Gasteiger partial charge in [-0.2, -0.15) is 0 Å². The first-order valence-corrected chi connectivity index (χ1v) is 9.52. The maximum absolute atomic E-state index is 11.9. The number of carbonyl (C=O) groups is 1. The summed E-state index contributed by atoms with van der Waals surface area (Å²) in [6.07, 6.45) is 1.22. The highest BCUT2D eigenvalue weighted by Gasteiger charge is 2.12. The number of nitrogens with one attached hydrogen (secondary N) is 2. The topological polar surface area (TPSA) is 75.3 Å². The van der Waals surface area contributed by atoms with Crippen LogP contribution in [0.4, 0.5) is 0 Å². The van der Waals surface area contributed by atoms with E-state index in [2.05, 4.69) is 10.0 Å². The quantitative estimate of drug-likeness (QED) is 0.728. The molecule has 0 saturated heterocycles. The van der Waals surface area contributed by atoms with Gasteiger partial charge in [-0.3, -0.25) is 4.79 Å². The molecular weight excluding hydrogens is 324 g/mol. The second kappa shape index (κ2) is 9.20. The number of amides is 1. The maximum atomic E-state index is 11.9. The van der Waals surface area contributed by atoms with Crippen LogP contribution in [-0.4, -0.2) is 26.6 Å². The van der Waals surface area contributed by atoms with Gasteiger partial charge in [0.2, 0.25) is 15.9 Å². The lowest BCUT2D eigenvalue weighted by atomic mass is 10.1. The Kier molecular flexibility index (Phi) is 6.96. The minimum absolute atomic E-state index is 0.00780. The third kappa shape index (κ3) is 6.93. The Morgan fingerprint density at radius 1 is 0.875 bits per heavy atom. The van der Waals surface area contributed by atoms with E-state index in [9.17, 15) is 13.2 Å². The van der Waals surface area contributed by atoms with E-state index in [1.54, 1.807) is 0 Å². The van der Waals surface area contributed by atoms with Crippen LogP contribution in [0, 0.1) is 0 Å². The molecule has 0 unspecified atom stereocenters. The van der Waals surface area contributed by atoms with Gasteiger partial charge in [-0.25, -0.2) is 13.1 Å². The summed E-state index contributed by atoms with van der Waals surface area (Å²) in [5, 5.41) is 2.69. The van der Waals surface area contributed by atoms with Gasteiger partial charge in [0.1, 0.15) is 0 Å². The number of benzene rings is 2. The number of carbonyl (C=O) groups excluding carboxylic acids is 1. The van der Waals surface area contributed by atoms with E-state index in [-0.39, 0.29) is 18.2 Å². The number of hydrogen-bond donors (Lipinski definition) is 2. The molecule has 0 aliphatic heterocycles. The van der Waals surface area contributed by atoms with Crippen LogP contribution in [-0.2, 0) is 27.8 Å². The van der Waals surface area contributed by atoms with Crippen LogP contribution >= 0.6 is 0 Å². The molecule has 24 heavy (non-hydrogen) atoms. The first-order chi connectivity index (χ1) is 11.6. The summed E-state index contributed by atoms with van der Waals surface area (Å²) in [7, 11) is -3.44. The fourth-order valence-electron chi connectivity index (χ4n) is 2.22. The molecule has 0 spiro atoms. The molecule has 1 amide bonds. The minimum atomic E-state index is -3.44. The highest BCUT2D eigenvalue weighted by molar-refractivity contribution is 7.89. The van der Waals surface area contributed by atoms with Crippen molar-refractivity contribution in [2.24, 2.45) is 0 Å². The summed E-state index contributed by atoms with van der Waals surface area (Å²) in [5.74, 6) is -0.334. The molecular formula is C18H22N2O3S. The molecule has 0 heterocycles. The predicted octanol–water partition coefficient (Wildman–Crippen LogP) is 1.85. The van der Waals surface area contributed by atoms with Crippen LogP contribution in [0.5, 0.6) is 0 Å². The van der Waals surface area contributed by atoms with Gasteiger partial charge in [-0.05, 0) is 24.0 Å². The van der Waals surface area contributed by atoms with Crippen LogP contribution < -0.4 is 10.0 Å². The van der Waals surface area contributed by atoms with Crippen molar-refractivity contribution in [3.05, 3.63) is 71.8 Å². The maximum Gasteiger partial charge on any atom is 0.235 e. The minimum Gasteiger partial charge on any atom is -0.351 e. The monoisotopic (exact) mass is 346 g/mol. The first-order valence-electron chi connectivity index (χ1n) is 7.87. The molecule has 0 aliphatic rings. The zero-order valence-electron chi connectivity index (χ0n) is 13.4. The Balaban J connectivity index is 1.67. The Hall–Kier alpha value is -2.18. The van der Waals surface area contributed by atoms with E-state index in [0.717, 1.165) is 11.1 Å². The predicted molar refractivity (Wildman–Crippen MR) is 94.8 cm³/mol. The summed E-state index contributed by atoms with van der Waals surface area (Å²) in [6.45, 7) is 0.149. The number of rotatable bonds is 9. The van der Waals surface area contributed by atoms with Gasteiger partial charge in [-0.15, -0.1) is 0 Å². The van der Waals surface area contributed by atoms with Gasteiger partial charge < -0.3 is 5.32 Å². The third-order valence-electron chi connectivity index (χ3n) is 3.51. The van der Waals surface area contributed by atoms with Crippen LogP contribution in [0.15, 0.2) is 60.7 Å². The van der Waals surface area contributed by atoms with Crippen LogP contribution in [0.2, 0.25) is 0 Å². The Morgan fingerprint density at radius 2 is 1.46 bits per heavy atom. The lowest BCUT2D eigenvalue weighted by Crippen LogP contribution is -2.37. The molecule has 0 saturated carbocycles. The van der Waals surface area contributed by atoms with Gasteiger partial charge in [-0.1, -0.05) is 60.7 Å². The molecule has 2 N–H and O–H groups in total. The second-order valence-electron chi connectivity index (χ2n) is 5.49. The SMILES string of the molecule is O=C(CNS(=O)(=O)CCCc1ccccc1)NCc1ccccc1. The van der Waals surface area contributed by atoms with Crippen molar-refractivity contribution in [2.75, 3.05) is 12.3 Å². The number of aryl methyl sites for hydroxylation is 1. The highest BCUT2D eigenvalue weighted by atomic mass is 32.2. The number of hydrogen-bond acceptors (Lipinski definition) is 3. The molecule has 0 aromatic heterocycles. The molecule has 6 heteroatoms. The van der Waals surface area contributed by atoms with E-state index < -0.39 is 10.0 Å². The average Bonchev–Trinajstić information content (AvgIpc) is 2.60. The van der Waals surface area contributed by atoms with E-state index in [1.807, 2.05) is 60.7 Å². The Morgan fingerprint density at radius 3 is 2.08 bits per heavy atom. The molecule has 2 rings (SSSR count). The fourth-order valence-corrected chi connectivity index (χ4v) is 3.24. The average molecular weight is 346 g/mol. The summed E-state index contributed by atoms with van der Waals surface area (Å²) < 4.78 is 26.2. The largest absolute Gasteiger partial charge is 0.351 e. The van der Waals surface area contributed by atoms with Crippen molar-refractivity contribution >= 4 is 15.9 Å². The van der Waals surface area contributed by atoms with Gasteiger partial charge in [0.25, 0.3) is 0 Å². The number of sulfonamides is 1. The summed E-state index contributed by atoms with van der Waals surface area (Å²) >= 11 is 0. The second-order valence-corrected chi connectivity index (χ2v) is 7.42. The smallest absolute Gasteiger partial charge is 0.235 e. The summed E-state index contributed by atoms with van der Waals surface area (Å²) in [5.41, 5.74) is 2.07. The standard InChI is InChI=1S/C18H22N2O3S/c21-18(19-14-17-10-5-2-6-11-17)15-20-24(22,23)13-7-12-16-8-3-1-4-9-16/h1-6,8-11,20H,7,12-15H2,(H,19,21). The lowest BCUT2D eigenvalue weighted by molar-refractivity contribution is -0.120. The summed E-state index contributed by atoms with van der Waals surface area (Å²) in [4.78, 5) is 11.7. The van der Waals surface area contributed by atoms with E-state index in [0.29, 0.717) is 19.4 Å². The van der Waals surface area contributed by atoms with Gasteiger partial charge >= 0.3 is 0 Å².